The number of nitrogens with zero attached hydrogens (tertiary/aromatic N) is 2. The van der Waals surface area contributed by atoms with Crippen molar-refractivity contribution in [2.24, 2.45) is 0 Å². The van der Waals surface area contributed by atoms with Crippen LogP contribution in [0.15, 0.2) is 47.4 Å². The molecular weight excluding hydrogens is 346 g/mol. The van der Waals surface area contributed by atoms with Crippen molar-refractivity contribution in [2.45, 2.75) is 51.0 Å². The first-order chi connectivity index (χ1) is 13.8. The Morgan fingerprint density at radius 2 is 1.86 bits per heavy atom. The fraction of sp³-hybridized carbons (Fsp3) is 0.417. The van der Waals surface area contributed by atoms with E-state index < -0.39 is 0 Å². The predicted octanol–water partition coefficient (Wildman–Crippen LogP) is 4.18. The average molecular weight is 374 g/mol. The Morgan fingerprint density at radius 1 is 1.04 bits per heavy atom. The lowest BCUT2D eigenvalue weighted by Crippen LogP contribution is -2.32. The van der Waals surface area contributed by atoms with Crippen LogP contribution < -0.4 is 5.56 Å². The number of piperidine rings is 1. The molecule has 4 heteroatoms. The van der Waals surface area contributed by atoms with Crippen molar-refractivity contribution >= 4 is 10.9 Å². The number of hydrogen-bond acceptors (Lipinski definition) is 3. The quantitative estimate of drug-likeness (QED) is 0.749. The van der Waals surface area contributed by atoms with Crippen LogP contribution in [-0.2, 0) is 19.4 Å². The van der Waals surface area contributed by atoms with E-state index in [9.17, 15) is 4.79 Å². The second-order valence-electron chi connectivity index (χ2n) is 8.30. The fourth-order valence-electron chi connectivity index (χ4n) is 4.97. The van der Waals surface area contributed by atoms with Crippen LogP contribution in [0.2, 0.25) is 0 Å². The lowest BCUT2D eigenvalue weighted by Gasteiger charge is -2.31. The number of fused-ring (bicyclic) bond motifs is 3. The van der Waals surface area contributed by atoms with Gasteiger partial charge in [-0.05, 0) is 80.9 Å². The third-order valence-corrected chi connectivity index (χ3v) is 6.50. The molecule has 2 aromatic heterocycles. The van der Waals surface area contributed by atoms with Gasteiger partial charge in [0.15, 0.2) is 0 Å². The minimum absolute atomic E-state index is 0.121. The monoisotopic (exact) mass is 373 g/mol. The minimum Gasteiger partial charge on any atom is -0.322 e. The summed E-state index contributed by atoms with van der Waals surface area (Å²) in [4.78, 5) is 22.7. The molecular formula is C24H27N3O. The number of aromatic amines is 1. The molecule has 5 rings (SSSR count). The first kappa shape index (κ1) is 17.6. The highest BCUT2D eigenvalue weighted by molar-refractivity contribution is 5.83. The van der Waals surface area contributed by atoms with Gasteiger partial charge in [0.2, 0.25) is 0 Å². The lowest BCUT2D eigenvalue weighted by molar-refractivity contribution is 0.203. The largest absolute Gasteiger partial charge is 0.322 e. The second kappa shape index (κ2) is 7.51. The maximum Gasteiger partial charge on any atom is 0.251 e. The van der Waals surface area contributed by atoms with Gasteiger partial charge in [-0.25, -0.2) is 0 Å². The van der Waals surface area contributed by atoms with Crippen molar-refractivity contribution in [1.29, 1.82) is 0 Å². The maximum atomic E-state index is 12.5. The Labute approximate surface area is 165 Å². The lowest BCUT2D eigenvalue weighted by atomic mass is 9.89. The molecule has 1 N–H and O–H groups in total. The summed E-state index contributed by atoms with van der Waals surface area (Å²) in [6, 6.07) is 12.9. The van der Waals surface area contributed by atoms with Gasteiger partial charge in [-0.1, -0.05) is 18.2 Å². The molecule has 0 spiro atoms. The Morgan fingerprint density at radius 3 is 2.64 bits per heavy atom. The third kappa shape index (κ3) is 3.37. The molecule has 0 unspecified atom stereocenters. The number of likely N-dealkylation sites (tertiary alicyclic amines) is 1. The number of nitrogens with one attached hydrogen (secondary N) is 1. The smallest absolute Gasteiger partial charge is 0.251 e. The summed E-state index contributed by atoms with van der Waals surface area (Å²) in [5.41, 5.74) is 5.95. The summed E-state index contributed by atoms with van der Waals surface area (Å²) in [7, 11) is 0. The van der Waals surface area contributed by atoms with Crippen LogP contribution in [0, 0.1) is 0 Å². The normalized spacial score (nSPS) is 18.3. The van der Waals surface area contributed by atoms with Gasteiger partial charge < -0.3 is 4.98 Å². The third-order valence-electron chi connectivity index (χ3n) is 6.50. The number of aromatic nitrogens is 2. The van der Waals surface area contributed by atoms with E-state index in [4.69, 9.17) is 0 Å². The first-order valence-corrected chi connectivity index (χ1v) is 10.6. The standard InChI is InChI=1S/C24H27N3O/c28-24-21-6-2-1-5-19(21)20-9-8-17(15-23(20)26-24)16-27-13-10-18(11-14-27)22-7-3-4-12-25-22/h3-4,7-9,12,15,18H,1-2,5-6,10-11,13-14,16H2,(H,26,28). The van der Waals surface area contributed by atoms with Crippen LogP contribution >= 0.6 is 0 Å². The summed E-state index contributed by atoms with van der Waals surface area (Å²) in [5.74, 6) is 0.580. The van der Waals surface area contributed by atoms with Gasteiger partial charge in [0.05, 0.1) is 0 Å². The molecule has 1 aliphatic carbocycles. The highest BCUT2D eigenvalue weighted by Crippen LogP contribution is 2.29. The summed E-state index contributed by atoms with van der Waals surface area (Å²) >= 11 is 0. The SMILES string of the molecule is O=c1[nH]c2cc(CN3CCC(c4ccccn4)CC3)ccc2c2c1CCCC2. The van der Waals surface area contributed by atoms with Crippen molar-refractivity contribution in [3.05, 3.63) is 75.3 Å². The molecule has 0 saturated carbocycles. The molecule has 28 heavy (non-hydrogen) atoms. The molecule has 0 amide bonds. The number of pyridine rings is 2. The summed E-state index contributed by atoms with van der Waals surface area (Å²) in [6.45, 7) is 3.14. The van der Waals surface area contributed by atoms with Crippen LogP contribution in [0.1, 0.15) is 54.0 Å². The summed E-state index contributed by atoms with van der Waals surface area (Å²) in [6.07, 6.45) is 8.51. The van der Waals surface area contributed by atoms with Crippen molar-refractivity contribution in [1.82, 2.24) is 14.9 Å². The summed E-state index contributed by atoms with van der Waals surface area (Å²) in [5, 5.41) is 1.24. The molecule has 1 fully saturated rings. The zero-order chi connectivity index (χ0) is 18.9. The highest BCUT2D eigenvalue weighted by atomic mass is 16.1. The van der Waals surface area contributed by atoms with Crippen LogP contribution in [-0.4, -0.2) is 28.0 Å². The fourth-order valence-corrected chi connectivity index (χ4v) is 4.97. The number of hydrogen-bond donors (Lipinski definition) is 1. The zero-order valence-electron chi connectivity index (χ0n) is 16.3. The van der Waals surface area contributed by atoms with E-state index in [0.29, 0.717) is 5.92 Å². The molecule has 1 saturated heterocycles. The number of benzene rings is 1. The van der Waals surface area contributed by atoms with Crippen molar-refractivity contribution in [3.63, 3.8) is 0 Å². The minimum atomic E-state index is 0.121. The van der Waals surface area contributed by atoms with E-state index in [0.717, 1.165) is 62.8 Å². The molecule has 4 nitrogen and oxygen atoms in total. The Kier molecular flexibility index (Phi) is 4.73. The van der Waals surface area contributed by atoms with Crippen molar-refractivity contribution in [3.8, 4) is 0 Å². The molecule has 2 aliphatic rings. The molecule has 144 valence electrons. The van der Waals surface area contributed by atoms with E-state index in [1.54, 1.807) is 0 Å². The van der Waals surface area contributed by atoms with Gasteiger partial charge in [-0.15, -0.1) is 0 Å². The van der Waals surface area contributed by atoms with Crippen LogP contribution in [0.25, 0.3) is 10.9 Å². The van der Waals surface area contributed by atoms with E-state index in [1.807, 2.05) is 12.3 Å². The Bertz CT molecular complexity index is 1030. The zero-order valence-corrected chi connectivity index (χ0v) is 16.3. The van der Waals surface area contributed by atoms with Crippen LogP contribution in [0.3, 0.4) is 0 Å². The molecule has 3 aromatic rings. The number of aryl methyl sites for hydroxylation is 1. The molecule has 1 aliphatic heterocycles. The van der Waals surface area contributed by atoms with Crippen molar-refractivity contribution < 1.29 is 0 Å². The van der Waals surface area contributed by atoms with Crippen LogP contribution in [0.5, 0.6) is 0 Å². The van der Waals surface area contributed by atoms with E-state index in [2.05, 4.69) is 45.2 Å². The second-order valence-corrected chi connectivity index (χ2v) is 8.30. The van der Waals surface area contributed by atoms with Gasteiger partial charge >= 0.3 is 0 Å². The van der Waals surface area contributed by atoms with E-state index in [1.165, 1.54) is 28.6 Å². The Hall–Kier alpha value is -2.46. The predicted molar refractivity (Wildman–Crippen MR) is 113 cm³/mol. The summed E-state index contributed by atoms with van der Waals surface area (Å²) < 4.78 is 0. The van der Waals surface area contributed by atoms with Gasteiger partial charge in [-0.2, -0.15) is 0 Å². The highest BCUT2D eigenvalue weighted by Gasteiger charge is 2.22. The van der Waals surface area contributed by atoms with E-state index in [-0.39, 0.29) is 5.56 Å². The topological polar surface area (TPSA) is 49.0 Å². The van der Waals surface area contributed by atoms with Crippen molar-refractivity contribution in [2.75, 3.05) is 13.1 Å². The Balaban J connectivity index is 1.32. The average Bonchev–Trinajstić information content (AvgIpc) is 2.75. The maximum absolute atomic E-state index is 12.5. The van der Waals surface area contributed by atoms with Gasteiger partial charge in [0, 0.05) is 40.8 Å². The molecule has 0 radical (unpaired) electrons. The van der Waals surface area contributed by atoms with E-state index >= 15 is 0 Å². The van der Waals surface area contributed by atoms with Gasteiger partial charge in [0.25, 0.3) is 5.56 Å². The van der Waals surface area contributed by atoms with Gasteiger partial charge in [0.1, 0.15) is 0 Å². The number of H-pyrrole nitrogens is 1. The molecule has 3 heterocycles. The first-order valence-electron chi connectivity index (χ1n) is 10.6. The molecule has 1 aromatic carbocycles. The number of rotatable bonds is 3. The van der Waals surface area contributed by atoms with Crippen LogP contribution in [0.4, 0.5) is 0 Å². The van der Waals surface area contributed by atoms with Gasteiger partial charge in [-0.3, -0.25) is 14.7 Å². The molecule has 0 bridgehead atoms. The molecule has 0 atom stereocenters.